The second-order valence-electron chi connectivity index (χ2n) is 10.1. The fraction of sp³-hybridized carbons (Fsp3) is 0.407. The van der Waals surface area contributed by atoms with Gasteiger partial charge in [0.15, 0.2) is 0 Å². The third kappa shape index (κ3) is 3.41. The zero-order valence-corrected chi connectivity index (χ0v) is 20.5. The first-order valence-corrected chi connectivity index (χ1v) is 12.2. The van der Waals surface area contributed by atoms with E-state index in [1.165, 1.54) is 4.90 Å². The standard InChI is InChI=1S/C27H26F3N3O4/c1-4-31-22(34)19-20(23(31)35)26(14-15(2)3)24(36)32(18-12-10-17(11-13-18)27(28,29)30)25(37)33(26)21(19)16-8-6-5-7-9-16/h5-13,15,19-21H,4,14H2,1-3H3/t19-,20-,21-,26-/m1/s1. The normalized spacial score (nSPS) is 27.5. The molecule has 0 bridgehead atoms. The molecule has 0 unspecified atom stereocenters. The monoisotopic (exact) mass is 513 g/mol. The van der Waals surface area contributed by atoms with E-state index in [-0.39, 0.29) is 24.6 Å². The molecule has 2 aromatic carbocycles. The van der Waals surface area contributed by atoms with Crippen molar-refractivity contribution in [3.05, 3.63) is 65.7 Å². The van der Waals surface area contributed by atoms with Gasteiger partial charge in [-0.3, -0.25) is 19.3 Å². The molecule has 0 aromatic heterocycles. The summed E-state index contributed by atoms with van der Waals surface area (Å²) in [6, 6.07) is 10.9. The number of amides is 5. The Labute approximate surface area is 211 Å². The fourth-order valence-corrected chi connectivity index (χ4v) is 6.32. The topological polar surface area (TPSA) is 78.0 Å². The number of carbonyl (C=O) groups excluding carboxylic acids is 4. The van der Waals surface area contributed by atoms with Gasteiger partial charge in [-0.15, -0.1) is 0 Å². The molecule has 3 aliphatic rings. The van der Waals surface area contributed by atoms with E-state index in [9.17, 15) is 32.3 Å². The van der Waals surface area contributed by atoms with Crippen molar-refractivity contribution >= 4 is 29.4 Å². The summed E-state index contributed by atoms with van der Waals surface area (Å²) in [4.78, 5) is 58.8. The first-order chi connectivity index (χ1) is 17.4. The van der Waals surface area contributed by atoms with Gasteiger partial charge in [-0.1, -0.05) is 44.2 Å². The van der Waals surface area contributed by atoms with Gasteiger partial charge in [-0.2, -0.15) is 13.2 Å². The lowest BCUT2D eigenvalue weighted by Crippen LogP contribution is -2.54. The molecule has 3 fully saturated rings. The van der Waals surface area contributed by atoms with E-state index >= 15 is 0 Å². The Morgan fingerprint density at radius 1 is 0.919 bits per heavy atom. The number of urea groups is 1. The maximum Gasteiger partial charge on any atom is 0.416 e. The summed E-state index contributed by atoms with van der Waals surface area (Å²) in [6.45, 7) is 5.52. The smallest absolute Gasteiger partial charge is 0.300 e. The number of likely N-dealkylation sites (tertiary alicyclic amines) is 1. The lowest BCUT2D eigenvalue weighted by Gasteiger charge is -2.36. The number of anilines is 1. The highest BCUT2D eigenvalue weighted by atomic mass is 19.4. The van der Waals surface area contributed by atoms with Crippen LogP contribution >= 0.6 is 0 Å². The summed E-state index contributed by atoms with van der Waals surface area (Å²) in [6.07, 6.45) is -4.46. The molecule has 0 saturated carbocycles. The SMILES string of the molecule is CCN1C(=O)[C@H]2[C@@H](c3ccccc3)N3C(=O)N(c4ccc(C(F)(F)F)cc4)C(=O)[C@@]3(CC(C)C)[C@H]2C1=O. The minimum Gasteiger partial charge on any atom is -0.300 e. The van der Waals surface area contributed by atoms with Gasteiger partial charge in [0.2, 0.25) is 11.8 Å². The van der Waals surface area contributed by atoms with Gasteiger partial charge >= 0.3 is 12.2 Å². The number of fused-ring (bicyclic) bond motifs is 3. The molecule has 5 amide bonds. The molecule has 37 heavy (non-hydrogen) atoms. The van der Waals surface area contributed by atoms with Crippen molar-refractivity contribution in [2.24, 2.45) is 17.8 Å². The molecular formula is C27H26F3N3O4. The van der Waals surface area contributed by atoms with E-state index in [0.29, 0.717) is 5.56 Å². The fourth-order valence-electron chi connectivity index (χ4n) is 6.32. The van der Waals surface area contributed by atoms with Crippen LogP contribution in [0.25, 0.3) is 0 Å². The number of rotatable bonds is 5. The molecule has 3 heterocycles. The summed E-state index contributed by atoms with van der Waals surface area (Å²) >= 11 is 0. The summed E-state index contributed by atoms with van der Waals surface area (Å²) in [5.74, 6) is -3.79. The summed E-state index contributed by atoms with van der Waals surface area (Å²) in [5, 5.41) is 0. The maximum absolute atomic E-state index is 14.3. The Morgan fingerprint density at radius 2 is 1.54 bits per heavy atom. The van der Waals surface area contributed by atoms with Crippen LogP contribution in [0.15, 0.2) is 54.6 Å². The van der Waals surface area contributed by atoms with Crippen molar-refractivity contribution in [1.82, 2.24) is 9.80 Å². The molecule has 0 radical (unpaired) electrons. The number of halogens is 3. The Balaban J connectivity index is 1.71. The molecule has 4 atom stereocenters. The van der Waals surface area contributed by atoms with Crippen LogP contribution in [0.1, 0.15) is 44.4 Å². The number of alkyl halides is 3. The highest BCUT2D eigenvalue weighted by Crippen LogP contribution is 2.60. The van der Waals surface area contributed by atoms with Crippen LogP contribution in [0.4, 0.5) is 23.7 Å². The van der Waals surface area contributed by atoms with Gasteiger partial charge in [0.25, 0.3) is 5.91 Å². The maximum atomic E-state index is 14.3. The van der Waals surface area contributed by atoms with E-state index in [4.69, 9.17) is 0 Å². The number of nitrogens with zero attached hydrogens (tertiary/aromatic N) is 3. The molecule has 2 aromatic rings. The van der Waals surface area contributed by atoms with Gasteiger partial charge in [-0.05, 0) is 49.1 Å². The van der Waals surface area contributed by atoms with Crippen LogP contribution in [-0.4, -0.2) is 45.6 Å². The number of carbonyl (C=O) groups is 4. The lowest BCUT2D eigenvalue weighted by molar-refractivity contribution is -0.144. The molecule has 3 saturated heterocycles. The van der Waals surface area contributed by atoms with Crippen molar-refractivity contribution in [3.63, 3.8) is 0 Å². The van der Waals surface area contributed by atoms with Gasteiger partial charge in [0.1, 0.15) is 5.54 Å². The minimum atomic E-state index is -4.58. The summed E-state index contributed by atoms with van der Waals surface area (Å²) in [5.41, 5.74) is -1.97. The molecule has 194 valence electrons. The first-order valence-electron chi connectivity index (χ1n) is 12.2. The van der Waals surface area contributed by atoms with Crippen LogP contribution in [0.2, 0.25) is 0 Å². The van der Waals surface area contributed by atoms with Crippen LogP contribution in [0.5, 0.6) is 0 Å². The van der Waals surface area contributed by atoms with Gasteiger partial charge in [-0.25, -0.2) is 9.69 Å². The zero-order chi connectivity index (χ0) is 26.9. The van der Waals surface area contributed by atoms with E-state index in [1.807, 2.05) is 13.8 Å². The van der Waals surface area contributed by atoms with Crippen molar-refractivity contribution in [2.75, 3.05) is 11.4 Å². The molecule has 5 rings (SSSR count). The Bertz CT molecular complexity index is 1280. The van der Waals surface area contributed by atoms with Gasteiger partial charge in [0, 0.05) is 6.54 Å². The van der Waals surface area contributed by atoms with Crippen LogP contribution < -0.4 is 4.90 Å². The van der Waals surface area contributed by atoms with Gasteiger partial charge < -0.3 is 4.90 Å². The average molecular weight is 514 g/mol. The highest BCUT2D eigenvalue weighted by Gasteiger charge is 2.77. The number of hydrogen-bond donors (Lipinski definition) is 0. The van der Waals surface area contributed by atoms with Crippen LogP contribution in [0.3, 0.4) is 0 Å². The van der Waals surface area contributed by atoms with E-state index in [2.05, 4.69) is 0 Å². The molecular weight excluding hydrogens is 487 g/mol. The van der Waals surface area contributed by atoms with Gasteiger partial charge in [0.05, 0.1) is 29.1 Å². The Morgan fingerprint density at radius 3 is 2.08 bits per heavy atom. The van der Waals surface area contributed by atoms with Crippen molar-refractivity contribution in [3.8, 4) is 0 Å². The van der Waals surface area contributed by atoms with E-state index in [0.717, 1.165) is 34.1 Å². The van der Waals surface area contributed by atoms with E-state index in [1.54, 1.807) is 37.3 Å². The molecule has 0 spiro atoms. The molecule has 0 N–H and O–H groups in total. The minimum absolute atomic E-state index is 0.0204. The average Bonchev–Trinajstić information content (AvgIpc) is 3.36. The lowest BCUT2D eigenvalue weighted by atomic mass is 9.74. The quantitative estimate of drug-likeness (QED) is 0.431. The first kappa shape index (κ1) is 25.0. The van der Waals surface area contributed by atoms with Crippen molar-refractivity contribution in [2.45, 2.75) is 44.9 Å². The van der Waals surface area contributed by atoms with E-state index < -0.39 is 58.9 Å². The molecule has 10 heteroatoms. The molecule has 7 nitrogen and oxygen atoms in total. The number of benzene rings is 2. The second-order valence-corrected chi connectivity index (χ2v) is 10.1. The predicted octanol–water partition coefficient (Wildman–Crippen LogP) is 4.63. The third-order valence-corrected chi connectivity index (χ3v) is 7.61. The Kier molecular flexibility index (Phi) is 5.69. The molecule has 0 aliphatic carbocycles. The van der Waals surface area contributed by atoms with Crippen molar-refractivity contribution in [1.29, 1.82) is 0 Å². The zero-order valence-electron chi connectivity index (χ0n) is 20.5. The Hall–Kier alpha value is -3.69. The summed E-state index contributed by atoms with van der Waals surface area (Å²) < 4.78 is 39.4. The predicted molar refractivity (Wildman–Crippen MR) is 127 cm³/mol. The number of imide groups is 2. The third-order valence-electron chi connectivity index (χ3n) is 7.61. The second kappa shape index (κ2) is 8.43. The van der Waals surface area contributed by atoms with Crippen LogP contribution in [-0.2, 0) is 20.6 Å². The summed E-state index contributed by atoms with van der Waals surface area (Å²) in [7, 11) is 0. The van der Waals surface area contributed by atoms with Crippen LogP contribution in [0, 0.1) is 17.8 Å². The largest absolute Gasteiger partial charge is 0.416 e. The molecule has 3 aliphatic heterocycles. The van der Waals surface area contributed by atoms with Crippen molar-refractivity contribution < 1.29 is 32.3 Å². The number of hydrogen-bond acceptors (Lipinski definition) is 4. The highest BCUT2D eigenvalue weighted by molar-refractivity contribution is 6.26.